The normalized spacial score (nSPS) is 22.8. The number of ether oxygens (including phenoxy) is 3. The molecule has 2 aliphatic heterocycles. The van der Waals surface area contributed by atoms with Crippen LogP contribution in [-0.4, -0.2) is 47.4 Å². The summed E-state index contributed by atoms with van der Waals surface area (Å²) in [6.07, 6.45) is -1.19. The molecule has 4 rings (SSSR count). The first-order valence-corrected chi connectivity index (χ1v) is 11.5. The molecule has 0 N–H and O–H groups in total. The van der Waals surface area contributed by atoms with E-state index in [2.05, 4.69) is 4.98 Å². The van der Waals surface area contributed by atoms with E-state index in [0.29, 0.717) is 25.0 Å². The van der Waals surface area contributed by atoms with Crippen LogP contribution in [0.4, 0.5) is 18.0 Å². The minimum atomic E-state index is -4.54. The topological polar surface area (TPSA) is 60.9 Å². The predicted molar refractivity (Wildman–Crippen MR) is 124 cm³/mol. The van der Waals surface area contributed by atoms with E-state index in [1.807, 2.05) is 36.4 Å². The summed E-state index contributed by atoms with van der Waals surface area (Å²) in [6, 6.07) is 9.98. The van der Waals surface area contributed by atoms with Crippen molar-refractivity contribution < 1.29 is 32.2 Å². The molecule has 3 heterocycles. The van der Waals surface area contributed by atoms with Gasteiger partial charge in [0.2, 0.25) is 5.88 Å². The fraction of sp³-hybridized carbons (Fsp3) is 0.462. The third-order valence-corrected chi connectivity index (χ3v) is 6.12. The van der Waals surface area contributed by atoms with Gasteiger partial charge in [0.25, 0.3) is 0 Å². The van der Waals surface area contributed by atoms with Gasteiger partial charge in [-0.25, -0.2) is 9.78 Å². The number of methoxy groups -OCH3 is 1. The standard InChI is InChI=1S/C26H29F3N2O4/c1-24(2,3)35-23(32)31-12-8-11-25(21(31)17-9-6-5-7-10-17)14-18(16-34-25)20-13-19(26(27,28)29)15-30-22(20)33-4/h5-7,9-10,13-15,21H,8,11-12,16H2,1-4H3/t21-,25+/m0/s1. The van der Waals surface area contributed by atoms with Gasteiger partial charge >= 0.3 is 12.3 Å². The molecule has 0 saturated carbocycles. The average molecular weight is 491 g/mol. The van der Waals surface area contributed by atoms with Crippen molar-refractivity contribution in [3.05, 3.63) is 65.4 Å². The van der Waals surface area contributed by atoms with Crippen LogP contribution in [0.5, 0.6) is 5.88 Å². The number of aromatic nitrogens is 1. The van der Waals surface area contributed by atoms with Gasteiger partial charge in [-0.05, 0) is 56.9 Å². The van der Waals surface area contributed by atoms with Crippen LogP contribution in [-0.2, 0) is 15.7 Å². The maximum absolute atomic E-state index is 13.4. The van der Waals surface area contributed by atoms with Crippen LogP contribution in [0.2, 0.25) is 0 Å². The number of alkyl halides is 3. The summed E-state index contributed by atoms with van der Waals surface area (Å²) in [6.45, 7) is 5.94. The second-order valence-corrected chi connectivity index (χ2v) is 9.78. The number of halogens is 3. The number of carbonyl (C=O) groups is 1. The SMILES string of the molecule is COc1ncc(C(F)(F)F)cc1C1=C[C@@]2(CCCN(C(=O)OC(C)(C)C)[C@H]2c2ccccc2)OC1. The Bertz CT molecular complexity index is 1110. The number of benzene rings is 1. The molecule has 2 aromatic rings. The van der Waals surface area contributed by atoms with Crippen LogP contribution in [0.3, 0.4) is 0 Å². The summed E-state index contributed by atoms with van der Waals surface area (Å²) in [7, 11) is 1.36. The molecule has 1 aromatic heterocycles. The van der Waals surface area contributed by atoms with E-state index < -0.39 is 35.1 Å². The van der Waals surface area contributed by atoms with Gasteiger partial charge in [0.15, 0.2) is 0 Å². The van der Waals surface area contributed by atoms with Gasteiger partial charge in [0, 0.05) is 18.3 Å². The molecule has 0 bridgehead atoms. The molecule has 0 radical (unpaired) electrons. The summed E-state index contributed by atoms with van der Waals surface area (Å²) < 4.78 is 57.5. The fourth-order valence-electron chi connectivity index (χ4n) is 4.72. The second kappa shape index (κ2) is 9.18. The van der Waals surface area contributed by atoms with Crippen molar-refractivity contribution in [2.75, 3.05) is 20.3 Å². The maximum Gasteiger partial charge on any atom is 0.417 e. The van der Waals surface area contributed by atoms with Crippen LogP contribution >= 0.6 is 0 Å². The quantitative estimate of drug-likeness (QED) is 0.526. The lowest BCUT2D eigenvalue weighted by molar-refractivity contribution is -0.137. The smallest absolute Gasteiger partial charge is 0.417 e. The Morgan fingerprint density at radius 2 is 1.91 bits per heavy atom. The van der Waals surface area contributed by atoms with Gasteiger partial charge in [-0.3, -0.25) is 4.90 Å². The third-order valence-electron chi connectivity index (χ3n) is 6.12. The number of pyridine rings is 1. The van der Waals surface area contributed by atoms with Crippen LogP contribution in [0.25, 0.3) is 5.57 Å². The molecule has 6 nitrogen and oxygen atoms in total. The highest BCUT2D eigenvalue weighted by molar-refractivity contribution is 5.75. The molecule has 1 spiro atoms. The Morgan fingerprint density at radius 1 is 1.20 bits per heavy atom. The Balaban J connectivity index is 1.80. The van der Waals surface area contributed by atoms with Crippen LogP contribution < -0.4 is 4.74 Å². The molecule has 2 atom stereocenters. The lowest BCUT2D eigenvalue weighted by atomic mass is 9.80. The fourth-order valence-corrected chi connectivity index (χ4v) is 4.72. The summed E-state index contributed by atoms with van der Waals surface area (Å²) in [4.78, 5) is 18.8. The van der Waals surface area contributed by atoms with E-state index >= 15 is 0 Å². The molecule has 0 unspecified atom stereocenters. The van der Waals surface area contributed by atoms with Crippen LogP contribution in [0, 0.1) is 0 Å². The molecular formula is C26H29F3N2O4. The highest BCUT2D eigenvalue weighted by Crippen LogP contribution is 2.49. The number of rotatable bonds is 3. The highest BCUT2D eigenvalue weighted by atomic mass is 19.4. The Morgan fingerprint density at radius 3 is 2.54 bits per heavy atom. The van der Waals surface area contributed by atoms with Gasteiger partial charge in [0.1, 0.15) is 11.2 Å². The van der Waals surface area contributed by atoms with Gasteiger partial charge in [-0.1, -0.05) is 30.3 Å². The predicted octanol–water partition coefficient (Wildman–Crippen LogP) is 6.03. The minimum Gasteiger partial charge on any atom is -0.481 e. The van der Waals surface area contributed by atoms with Crippen molar-refractivity contribution in [1.82, 2.24) is 9.88 Å². The molecule has 188 valence electrons. The number of piperidine rings is 1. The van der Waals surface area contributed by atoms with Gasteiger partial charge in [-0.15, -0.1) is 0 Å². The number of amides is 1. The van der Waals surface area contributed by atoms with Crippen molar-refractivity contribution in [1.29, 1.82) is 0 Å². The highest BCUT2D eigenvalue weighted by Gasteiger charge is 2.50. The lowest BCUT2D eigenvalue weighted by Crippen LogP contribution is -2.53. The zero-order chi connectivity index (χ0) is 25.4. The molecule has 1 saturated heterocycles. The second-order valence-electron chi connectivity index (χ2n) is 9.78. The van der Waals surface area contributed by atoms with Crippen LogP contribution in [0.15, 0.2) is 48.7 Å². The lowest BCUT2D eigenvalue weighted by Gasteiger charge is -2.47. The molecule has 0 aliphatic carbocycles. The average Bonchev–Trinajstić information content (AvgIpc) is 3.21. The molecule has 9 heteroatoms. The van der Waals surface area contributed by atoms with E-state index in [1.165, 1.54) is 7.11 Å². The molecule has 35 heavy (non-hydrogen) atoms. The van der Waals surface area contributed by atoms with Crippen molar-refractivity contribution in [2.45, 2.75) is 57.0 Å². The minimum absolute atomic E-state index is 0.0604. The Kier molecular flexibility index (Phi) is 6.57. The van der Waals surface area contributed by atoms with Gasteiger partial charge in [0.05, 0.1) is 25.3 Å². The number of hydrogen-bond donors (Lipinski definition) is 0. The zero-order valence-corrected chi connectivity index (χ0v) is 20.2. The Hall–Kier alpha value is -3.07. The molecule has 2 aliphatic rings. The first-order chi connectivity index (χ1) is 16.4. The monoisotopic (exact) mass is 490 g/mol. The van der Waals surface area contributed by atoms with Crippen molar-refractivity contribution in [3.63, 3.8) is 0 Å². The summed E-state index contributed by atoms with van der Waals surface area (Å²) in [5.41, 5.74) is -0.880. The summed E-state index contributed by atoms with van der Waals surface area (Å²) in [5, 5.41) is 0. The molecular weight excluding hydrogens is 461 g/mol. The van der Waals surface area contributed by atoms with Crippen LogP contribution in [0.1, 0.15) is 56.3 Å². The summed E-state index contributed by atoms with van der Waals surface area (Å²) >= 11 is 0. The third kappa shape index (κ3) is 5.15. The van der Waals surface area contributed by atoms with E-state index in [0.717, 1.165) is 17.8 Å². The van der Waals surface area contributed by atoms with Gasteiger partial charge < -0.3 is 14.2 Å². The number of carbonyl (C=O) groups excluding carboxylic acids is 1. The molecule has 1 fully saturated rings. The van der Waals surface area contributed by atoms with E-state index in [4.69, 9.17) is 14.2 Å². The molecule has 1 aromatic carbocycles. The van der Waals surface area contributed by atoms with Crippen molar-refractivity contribution in [3.8, 4) is 5.88 Å². The van der Waals surface area contributed by atoms with Gasteiger partial charge in [-0.2, -0.15) is 13.2 Å². The number of hydrogen-bond acceptors (Lipinski definition) is 5. The summed E-state index contributed by atoms with van der Waals surface area (Å²) in [5.74, 6) is 0.0842. The Labute approximate surface area is 202 Å². The molecule has 1 amide bonds. The number of likely N-dealkylation sites (tertiary alicyclic amines) is 1. The maximum atomic E-state index is 13.4. The number of nitrogens with zero attached hydrogens (tertiary/aromatic N) is 2. The van der Waals surface area contributed by atoms with E-state index in [1.54, 1.807) is 25.7 Å². The first kappa shape index (κ1) is 25.0. The van der Waals surface area contributed by atoms with Crippen molar-refractivity contribution >= 4 is 11.7 Å². The van der Waals surface area contributed by atoms with E-state index in [9.17, 15) is 18.0 Å². The van der Waals surface area contributed by atoms with Crippen molar-refractivity contribution in [2.24, 2.45) is 0 Å². The largest absolute Gasteiger partial charge is 0.481 e. The first-order valence-electron chi connectivity index (χ1n) is 11.5. The zero-order valence-electron chi connectivity index (χ0n) is 20.2. The van der Waals surface area contributed by atoms with E-state index in [-0.39, 0.29) is 18.1 Å².